The molecule has 5 nitrogen and oxygen atoms in total. The summed E-state index contributed by atoms with van der Waals surface area (Å²) in [5.74, 6) is 0.901. The van der Waals surface area contributed by atoms with Gasteiger partial charge in [-0.25, -0.2) is 0 Å². The van der Waals surface area contributed by atoms with Crippen molar-refractivity contribution in [2.75, 3.05) is 11.9 Å². The largest absolute Gasteiger partial charge is 0.330 e. The molecule has 1 aliphatic carbocycles. The van der Waals surface area contributed by atoms with Gasteiger partial charge in [-0.1, -0.05) is 0 Å². The molecule has 1 aromatic heterocycles. The van der Waals surface area contributed by atoms with E-state index in [9.17, 15) is 4.79 Å². The van der Waals surface area contributed by atoms with Gasteiger partial charge >= 0.3 is 0 Å². The van der Waals surface area contributed by atoms with E-state index in [4.69, 9.17) is 5.73 Å². The second-order valence-electron chi connectivity index (χ2n) is 4.19. The highest BCUT2D eigenvalue weighted by Gasteiger charge is 2.21. The monoisotopic (exact) mass is 258 g/mol. The molecule has 0 saturated heterocycles. The first-order valence-corrected chi connectivity index (χ1v) is 5.77. The molecule has 0 radical (unpaired) electrons. The van der Waals surface area contributed by atoms with E-state index in [-0.39, 0.29) is 18.3 Å². The summed E-state index contributed by atoms with van der Waals surface area (Å²) in [6, 6.07) is 0. The molecule has 1 amide bonds. The van der Waals surface area contributed by atoms with E-state index in [0.717, 1.165) is 37.2 Å². The molecule has 0 fully saturated rings. The first-order chi connectivity index (χ1) is 7.72. The zero-order valence-corrected chi connectivity index (χ0v) is 10.8. The predicted molar refractivity (Wildman–Crippen MR) is 69.4 cm³/mol. The zero-order valence-electron chi connectivity index (χ0n) is 10.0. The molecule has 0 aliphatic heterocycles. The first-order valence-electron chi connectivity index (χ1n) is 5.77. The third kappa shape index (κ3) is 2.98. The Labute approximate surface area is 107 Å². The Morgan fingerprint density at radius 2 is 2.29 bits per heavy atom. The second kappa shape index (κ2) is 6.02. The maximum absolute atomic E-state index is 11.6. The van der Waals surface area contributed by atoms with Gasteiger partial charge in [0.2, 0.25) is 5.91 Å². The Balaban J connectivity index is 0.00000144. The number of carbonyl (C=O) groups excluding carboxylic acids is 1. The minimum atomic E-state index is 0. The highest BCUT2D eigenvalue weighted by molar-refractivity contribution is 5.90. The van der Waals surface area contributed by atoms with Gasteiger partial charge in [-0.3, -0.25) is 9.48 Å². The third-order valence-electron chi connectivity index (χ3n) is 2.93. The summed E-state index contributed by atoms with van der Waals surface area (Å²) in [6.07, 6.45) is 4.41. The summed E-state index contributed by atoms with van der Waals surface area (Å²) in [5, 5.41) is 7.33. The van der Waals surface area contributed by atoms with Crippen LogP contribution >= 0.6 is 12.4 Å². The number of rotatable bonds is 4. The summed E-state index contributed by atoms with van der Waals surface area (Å²) in [6.45, 7) is 0.552. The topological polar surface area (TPSA) is 72.9 Å². The number of nitrogens with zero attached hydrogens (tertiary/aromatic N) is 2. The first kappa shape index (κ1) is 14.0. The van der Waals surface area contributed by atoms with Crippen LogP contribution in [-0.4, -0.2) is 22.2 Å². The molecule has 1 aromatic rings. The summed E-state index contributed by atoms with van der Waals surface area (Å²) in [5.41, 5.74) is 7.72. The van der Waals surface area contributed by atoms with Crippen molar-refractivity contribution >= 4 is 24.1 Å². The van der Waals surface area contributed by atoms with Crippen molar-refractivity contribution in [2.24, 2.45) is 12.8 Å². The lowest BCUT2D eigenvalue weighted by atomic mass is 10.2. The van der Waals surface area contributed by atoms with Gasteiger partial charge in [0.05, 0.1) is 5.69 Å². The van der Waals surface area contributed by atoms with Crippen LogP contribution in [0.5, 0.6) is 0 Å². The number of amides is 1. The zero-order chi connectivity index (χ0) is 11.5. The molecule has 17 heavy (non-hydrogen) atoms. The summed E-state index contributed by atoms with van der Waals surface area (Å²) in [4.78, 5) is 11.6. The van der Waals surface area contributed by atoms with Gasteiger partial charge in [0.15, 0.2) is 0 Å². The Bertz CT molecular complexity index is 402. The fraction of sp³-hybridized carbons (Fsp3) is 0.636. The number of anilines is 1. The number of hydrogen-bond acceptors (Lipinski definition) is 3. The van der Waals surface area contributed by atoms with Gasteiger partial charge in [0.25, 0.3) is 0 Å². The number of aromatic nitrogens is 2. The lowest BCUT2D eigenvalue weighted by Crippen LogP contribution is -2.16. The number of nitrogens with one attached hydrogen (secondary N) is 1. The molecule has 0 saturated carbocycles. The van der Waals surface area contributed by atoms with Crippen LogP contribution in [-0.2, 0) is 24.7 Å². The predicted octanol–water partition coefficient (Wildman–Crippen LogP) is 1.01. The molecule has 0 unspecified atom stereocenters. The molecule has 1 heterocycles. The standard InChI is InChI=1S/C11H18N4O.ClH/c1-15-11(13-10(16)6-3-7-12)8-4-2-5-9(8)14-15;/h2-7,12H2,1H3,(H,13,16);1H. The van der Waals surface area contributed by atoms with Crippen molar-refractivity contribution in [3.05, 3.63) is 11.3 Å². The fourth-order valence-corrected chi connectivity index (χ4v) is 2.13. The van der Waals surface area contributed by atoms with Crippen LogP contribution in [0.3, 0.4) is 0 Å². The van der Waals surface area contributed by atoms with Crippen molar-refractivity contribution in [1.29, 1.82) is 0 Å². The van der Waals surface area contributed by atoms with Gasteiger partial charge in [-0.2, -0.15) is 5.10 Å². The van der Waals surface area contributed by atoms with E-state index in [1.807, 2.05) is 7.05 Å². The minimum absolute atomic E-state index is 0. The van der Waals surface area contributed by atoms with Crippen LogP contribution in [0.25, 0.3) is 0 Å². The Hall–Kier alpha value is -1.07. The molecule has 0 atom stereocenters. The van der Waals surface area contributed by atoms with Crippen molar-refractivity contribution in [3.8, 4) is 0 Å². The number of carbonyl (C=O) groups is 1. The molecule has 0 aromatic carbocycles. The Morgan fingerprint density at radius 3 is 3.00 bits per heavy atom. The van der Waals surface area contributed by atoms with E-state index in [0.29, 0.717) is 13.0 Å². The fourth-order valence-electron chi connectivity index (χ4n) is 2.13. The summed E-state index contributed by atoms with van der Waals surface area (Å²) >= 11 is 0. The van der Waals surface area contributed by atoms with Gasteiger partial charge in [-0.05, 0) is 32.2 Å². The molecule has 6 heteroatoms. The molecule has 96 valence electrons. The quantitative estimate of drug-likeness (QED) is 0.847. The molecule has 0 spiro atoms. The van der Waals surface area contributed by atoms with E-state index >= 15 is 0 Å². The normalized spacial score (nSPS) is 13.1. The number of hydrogen-bond donors (Lipinski definition) is 2. The smallest absolute Gasteiger partial charge is 0.225 e. The maximum Gasteiger partial charge on any atom is 0.225 e. The number of halogens is 1. The summed E-state index contributed by atoms with van der Waals surface area (Å²) in [7, 11) is 1.87. The lowest BCUT2D eigenvalue weighted by molar-refractivity contribution is -0.116. The molecule has 1 aliphatic rings. The highest BCUT2D eigenvalue weighted by Crippen LogP contribution is 2.27. The Morgan fingerprint density at radius 1 is 1.53 bits per heavy atom. The van der Waals surface area contributed by atoms with Crippen molar-refractivity contribution in [2.45, 2.75) is 32.1 Å². The number of aryl methyl sites for hydroxylation is 2. The van der Waals surface area contributed by atoms with Crippen LogP contribution in [0.1, 0.15) is 30.5 Å². The van der Waals surface area contributed by atoms with Crippen LogP contribution in [0, 0.1) is 0 Å². The van der Waals surface area contributed by atoms with Crippen LogP contribution < -0.4 is 11.1 Å². The lowest BCUT2D eigenvalue weighted by Gasteiger charge is -2.06. The van der Waals surface area contributed by atoms with E-state index in [1.54, 1.807) is 4.68 Å². The third-order valence-corrected chi connectivity index (χ3v) is 2.93. The summed E-state index contributed by atoms with van der Waals surface area (Å²) < 4.78 is 1.77. The average molecular weight is 259 g/mol. The van der Waals surface area contributed by atoms with Gasteiger partial charge in [0.1, 0.15) is 5.82 Å². The number of fused-ring (bicyclic) bond motifs is 1. The van der Waals surface area contributed by atoms with Crippen molar-refractivity contribution in [3.63, 3.8) is 0 Å². The number of nitrogens with two attached hydrogens (primary N) is 1. The van der Waals surface area contributed by atoms with E-state index in [1.165, 1.54) is 5.56 Å². The van der Waals surface area contributed by atoms with Crippen LogP contribution in [0.2, 0.25) is 0 Å². The van der Waals surface area contributed by atoms with E-state index < -0.39 is 0 Å². The van der Waals surface area contributed by atoms with E-state index in [2.05, 4.69) is 10.4 Å². The van der Waals surface area contributed by atoms with Gasteiger partial charge < -0.3 is 11.1 Å². The molecular formula is C11H19ClN4O. The van der Waals surface area contributed by atoms with Gasteiger partial charge in [0, 0.05) is 19.0 Å². The van der Waals surface area contributed by atoms with Crippen LogP contribution in [0.4, 0.5) is 5.82 Å². The van der Waals surface area contributed by atoms with Gasteiger partial charge in [-0.15, -0.1) is 12.4 Å². The molecule has 0 bridgehead atoms. The highest BCUT2D eigenvalue weighted by atomic mass is 35.5. The second-order valence-corrected chi connectivity index (χ2v) is 4.19. The maximum atomic E-state index is 11.6. The molecular weight excluding hydrogens is 240 g/mol. The average Bonchev–Trinajstić information content (AvgIpc) is 2.79. The minimum Gasteiger partial charge on any atom is -0.330 e. The van der Waals surface area contributed by atoms with Crippen molar-refractivity contribution < 1.29 is 4.79 Å². The molecule has 2 rings (SSSR count). The molecule has 3 N–H and O–H groups in total. The SMILES string of the molecule is Cl.Cn1nc2c(c1NC(=O)CCCN)CCC2. The van der Waals surface area contributed by atoms with Crippen LogP contribution in [0.15, 0.2) is 0 Å². The Kier molecular flexibility index (Phi) is 4.96. The van der Waals surface area contributed by atoms with Crippen molar-refractivity contribution in [1.82, 2.24) is 9.78 Å².